The topological polar surface area (TPSA) is 83.5 Å². The van der Waals surface area contributed by atoms with Crippen LogP contribution in [0.25, 0.3) is 0 Å². The first-order valence-corrected chi connectivity index (χ1v) is 6.47. The minimum Gasteiger partial charge on any atom is -0.478 e. The lowest BCUT2D eigenvalue weighted by Gasteiger charge is -2.07. The van der Waals surface area contributed by atoms with Crippen LogP contribution in [0.2, 0.25) is 0 Å². The van der Waals surface area contributed by atoms with Gasteiger partial charge in [0.05, 0.1) is 11.1 Å². The van der Waals surface area contributed by atoms with Crippen LogP contribution in [-0.2, 0) is 0 Å². The van der Waals surface area contributed by atoms with Gasteiger partial charge in [-0.25, -0.2) is 4.79 Å². The average molecular weight is 267 g/mol. The summed E-state index contributed by atoms with van der Waals surface area (Å²) in [6.07, 6.45) is 1.61. The highest BCUT2D eigenvalue weighted by Gasteiger charge is 2.18. The zero-order valence-corrected chi connectivity index (χ0v) is 10.8. The first-order valence-electron chi connectivity index (χ1n) is 5.25. The minimum atomic E-state index is -1.23. The van der Waals surface area contributed by atoms with Crippen LogP contribution in [0.3, 0.4) is 0 Å². The van der Waals surface area contributed by atoms with Crippen molar-refractivity contribution in [3.63, 3.8) is 0 Å². The van der Waals surface area contributed by atoms with E-state index >= 15 is 0 Å². The van der Waals surface area contributed by atoms with Crippen LogP contribution in [0.4, 0.5) is 0 Å². The molecule has 0 aromatic heterocycles. The summed E-state index contributed by atoms with van der Waals surface area (Å²) >= 11 is 0.990. The second kappa shape index (κ2) is 6.20. The molecule has 1 aromatic carbocycles. The summed E-state index contributed by atoms with van der Waals surface area (Å²) in [4.78, 5) is 34.2. The van der Waals surface area contributed by atoms with Gasteiger partial charge in [0.15, 0.2) is 0 Å². The van der Waals surface area contributed by atoms with Crippen molar-refractivity contribution < 1.29 is 19.5 Å². The van der Waals surface area contributed by atoms with Crippen LogP contribution >= 0.6 is 11.8 Å². The van der Waals surface area contributed by atoms with Crippen LogP contribution < -0.4 is 5.32 Å². The van der Waals surface area contributed by atoms with E-state index in [1.54, 1.807) is 13.2 Å². The van der Waals surface area contributed by atoms with Crippen molar-refractivity contribution in [3.8, 4) is 0 Å². The number of rotatable bonds is 4. The molecule has 0 spiro atoms. The van der Waals surface area contributed by atoms with Crippen molar-refractivity contribution in [2.24, 2.45) is 0 Å². The fraction of sp³-hybridized carbons (Fsp3) is 0.250. The Bertz CT molecular complexity index is 499. The molecule has 6 heteroatoms. The van der Waals surface area contributed by atoms with Crippen LogP contribution in [0.15, 0.2) is 18.2 Å². The largest absolute Gasteiger partial charge is 0.478 e. The number of thioether (sulfide) groups is 1. The Hall–Kier alpha value is -1.82. The third-order valence-corrected chi connectivity index (χ3v) is 2.86. The molecule has 0 aliphatic heterocycles. The van der Waals surface area contributed by atoms with Crippen molar-refractivity contribution >= 4 is 28.8 Å². The number of carboxylic acids is 1. The number of hydrogen-bond acceptors (Lipinski definition) is 4. The standard InChI is InChI=1S/C12H13NO4S/c1-3-13-10(14)8-5-4-7(12(17)18-2)6-9(8)11(15)16/h4-6H,3H2,1-2H3,(H,13,14)(H,15,16). The van der Waals surface area contributed by atoms with Gasteiger partial charge in [0, 0.05) is 12.1 Å². The summed E-state index contributed by atoms with van der Waals surface area (Å²) in [5.41, 5.74) is 0.163. The Morgan fingerprint density at radius 2 is 1.94 bits per heavy atom. The quantitative estimate of drug-likeness (QED) is 0.866. The summed E-state index contributed by atoms with van der Waals surface area (Å²) in [5.74, 6) is -1.69. The Morgan fingerprint density at radius 3 is 2.44 bits per heavy atom. The van der Waals surface area contributed by atoms with Crippen LogP contribution in [-0.4, -0.2) is 34.9 Å². The SMILES string of the molecule is CCNC(=O)c1ccc(C(=O)SC)cc1C(=O)O. The lowest BCUT2D eigenvalue weighted by atomic mass is 10.0. The van der Waals surface area contributed by atoms with Crippen LogP contribution in [0, 0.1) is 0 Å². The van der Waals surface area contributed by atoms with Gasteiger partial charge >= 0.3 is 5.97 Å². The lowest BCUT2D eigenvalue weighted by Crippen LogP contribution is -2.25. The van der Waals surface area contributed by atoms with Crippen molar-refractivity contribution in [3.05, 3.63) is 34.9 Å². The summed E-state index contributed by atoms with van der Waals surface area (Å²) in [5, 5.41) is 11.4. The molecule has 18 heavy (non-hydrogen) atoms. The average Bonchev–Trinajstić information content (AvgIpc) is 2.37. The van der Waals surface area contributed by atoms with E-state index in [-0.39, 0.29) is 21.8 Å². The molecule has 0 fully saturated rings. The van der Waals surface area contributed by atoms with E-state index in [4.69, 9.17) is 5.11 Å². The zero-order valence-electron chi connectivity index (χ0n) is 10.0. The predicted octanol–water partition coefficient (Wildman–Crippen LogP) is 1.64. The monoisotopic (exact) mass is 267 g/mol. The molecule has 0 unspecified atom stereocenters. The highest BCUT2D eigenvalue weighted by atomic mass is 32.2. The van der Waals surface area contributed by atoms with Gasteiger partial charge in [0.2, 0.25) is 5.12 Å². The lowest BCUT2D eigenvalue weighted by molar-refractivity contribution is 0.0691. The molecule has 1 amide bonds. The maximum atomic E-state index is 11.7. The van der Waals surface area contributed by atoms with Gasteiger partial charge in [-0.05, 0) is 31.4 Å². The fourth-order valence-corrected chi connectivity index (χ4v) is 1.78. The van der Waals surface area contributed by atoms with Gasteiger partial charge in [-0.3, -0.25) is 9.59 Å². The Morgan fingerprint density at radius 1 is 1.28 bits per heavy atom. The van der Waals surface area contributed by atoms with Gasteiger partial charge in [0.25, 0.3) is 5.91 Å². The van der Waals surface area contributed by atoms with E-state index in [0.29, 0.717) is 6.54 Å². The number of aromatic carboxylic acids is 1. The number of nitrogens with one attached hydrogen (secondary N) is 1. The molecule has 0 bridgehead atoms. The summed E-state index contributed by atoms with van der Waals surface area (Å²) < 4.78 is 0. The Balaban J connectivity index is 3.25. The van der Waals surface area contributed by atoms with E-state index in [0.717, 1.165) is 11.8 Å². The van der Waals surface area contributed by atoms with Gasteiger partial charge in [-0.2, -0.15) is 0 Å². The summed E-state index contributed by atoms with van der Waals surface area (Å²) in [6, 6.07) is 4.04. The first-order chi connectivity index (χ1) is 8.51. The number of hydrogen-bond donors (Lipinski definition) is 2. The molecule has 0 aliphatic carbocycles. The molecule has 0 heterocycles. The van der Waals surface area contributed by atoms with Gasteiger partial charge in [-0.1, -0.05) is 11.8 Å². The number of benzene rings is 1. The maximum absolute atomic E-state index is 11.7. The molecule has 0 saturated carbocycles. The molecule has 1 rings (SSSR count). The molecule has 0 radical (unpaired) electrons. The fourth-order valence-electron chi connectivity index (χ4n) is 1.42. The molecular formula is C12H13NO4S. The summed E-state index contributed by atoms with van der Waals surface area (Å²) in [7, 11) is 0. The first kappa shape index (κ1) is 14.2. The third-order valence-electron chi connectivity index (χ3n) is 2.25. The maximum Gasteiger partial charge on any atom is 0.336 e. The second-order valence-corrected chi connectivity index (χ2v) is 4.20. The van der Waals surface area contributed by atoms with Crippen molar-refractivity contribution in [2.45, 2.75) is 6.92 Å². The molecule has 1 aromatic rings. The van der Waals surface area contributed by atoms with Crippen molar-refractivity contribution in [2.75, 3.05) is 12.8 Å². The second-order valence-electron chi connectivity index (χ2n) is 3.42. The number of carboxylic acid groups (broad SMARTS) is 1. The highest BCUT2D eigenvalue weighted by molar-refractivity contribution is 8.13. The van der Waals surface area contributed by atoms with Crippen molar-refractivity contribution in [1.82, 2.24) is 5.32 Å². The molecule has 0 atom stereocenters. The normalized spacial score (nSPS) is 9.89. The van der Waals surface area contributed by atoms with E-state index in [9.17, 15) is 14.4 Å². The zero-order chi connectivity index (χ0) is 13.7. The van der Waals surface area contributed by atoms with E-state index in [1.807, 2.05) is 0 Å². The van der Waals surface area contributed by atoms with E-state index < -0.39 is 11.9 Å². The molecule has 2 N–H and O–H groups in total. The smallest absolute Gasteiger partial charge is 0.336 e. The molecule has 5 nitrogen and oxygen atoms in total. The molecule has 0 aliphatic rings. The number of carbonyl (C=O) groups is 3. The van der Waals surface area contributed by atoms with Gasteiger partial charge in [0.1, 0.15) is 0 Å². The van der Waals surface area contributed by atoms with Crippen molar-refractivity contribution in [1.29, 1.82) is 0 Å². The van der Waals surface area contributed by atoms with E-state index in [2.05, 4.69) is 5.32 Å². The molecular weight excluding hydrogens is 254 g/mol. The molecule has 0 saturated heterocycles. The molecule has 96 valence electrons. The predicted molar refractivity (Wildman–Crippen MR) is 69.3 cm³/mol. The Labute approximate surface area is 109 Å². The van der Waals surface area contributed by atoms with Crippen LogP contribution in [0.1, 0.15) is 38.0 Å². The van der Waals surface area contributed by atoms with Gasteiger partial charge in [-0.15, -0.1) is 0 Å². The van der Waals surface area contributed by atoms with Crippen LogP contribution in [0.5, 0.6) is 0 Å². The summed E-state index contributed by atoms with van der Waals surface area (Å²) in [6.45, 7) is 2.15. The minimum absolute atomic E-state index is 0.0574. The third kappa shape index (κ3) is 3.10. The number of amides is 1. The number of carbonyl (C=O) groups excluding carboxylic acids is 2. The highest BCUT2D eigenvalue weighted by Crippen LogP contribution is 2.16. The Kier molecular flexibility index (Phi) is 4.91. The van der Waals surface area contributed by atoms with E-state index in [1.165, 1.54) is 18.2 Å². The van der Waals surface area contributed by atoms with Gasteiger partial charge < -0.3 is 10.4 Å².